The lowest BCUT2D eigenvalue weighted by Crippen LogP contribution is -2.53. The Labute approximate surface area is 303 Å². The van der Waals surface area contributed by atoms with E-state index in [2.05, 4.69) is 16.0 Å². The van der Waals surface area contributed by atoms with E-state index >= 15 is 0 Å². The van der Waals surface area contributed by atoms with Gasteiger partial charge < -0.3 is 29.6 Å². The van der Waals surface area contributed by atoms with E-state index in [-0.39, 0.29) is 6.04 Å². The number of carbonyl (C=O) groups excluding carboxylic acids is 2. The average molecular weight is 696 g/mol. The first-order valence-corrected chi connectivity index (χ1v) is 17.5. The number of rotatable bonds is 16. The highest BCUT2D eigenvalue weighted by atomic mass is 16.6. The highest BCUT2D eigenvalue weighted by Crippen LogP contribution is 2.18. The van der Waals surface area contributed by atoms with E-state index in [1.165, 1.54) is 0 Å². The summed E-state index contributed by atoms with van der Waals surface area (Å²) >= 11 is 0. The zero-order valence-corrected chi connectivity index (χ0v) is 30.7. The number of hydrogen-bond acceptors (Lipinski definition) is 7. The van der Waals surface area contributed by atoms with Gasteiger partial charge in [0, 0.05) is 12.6 Å². The average Bonchev–Trinajstić information content (AvgIpc) is 3.08. The smallest absolute Gasteiger partial charge is 0.408 e. The predicted octanol–water partition coefficient (Wildman–Crippen LogP) is 8.35. The molecule has 4 aromatic rings. The van der Waals surface area contributed by atoms with Crippen molar-refractivity contribution in [1.29, 1.82) is 0 Å². The van der Waals surface area contributed by atoms with E-state index in [4.69, 9.17) is 18.9 Å². The van der Waals surface area contributed by atoms with Crippen LogP contribution in [0.1, 0.15) is 70.2 Å². The molecule has 0 aliphatic carbocycles. The third-order valence-corrected chi connectivity index (χ3v) is 7.57. The van der Waals surface area contributed by atoms with E-state index in [0.717, 1.165) is 33.8 Å². The van der Waals surface area contributed by atoms with Crippen molar-refractivity contribution >= 4 is 12.2 Å². The maximum atomic E-state index is 12.9. The summed E-state index contributed by atoms with van der Waals surface area (Å²) in [5.74, 6) is 1.55. The van der Waals surface area contributed by atoms with Gasteiger partial charge >= 0.3 is 12.2 Å². The third kappa shape index (κ3) is 15.6. The van der Waals surface area contributed by atoms with Gasteiger partial charge in [0.1, 0.15) is 35.9 Å². The van der Waals surface area contributed by atoms with Crippen LogP contribution in [0.15, 0.2) is 109 Å². The molecule has 9 nitrogen and oxygen atoms in total. The summed E-state index contributed by atoms with van der Waals surface area (Å²) in [5, 5.41) is 9.47. The van der Waals surface area contributed by atoms with Crippen LogP contribution < -0.4 is 25.4 Å². The van der Waals surface area contributed by atoms with Crippen LogP contribution >= 0.6 is 0 Å². The number of nitrogens with one attached hydrogen (secondary N) is 3. The summed E-state index contributed by atoms with van der Waals surface area (Å²) in [5.41, 5.74) is 3.00. The van der Waals surface area contributed by atoms with Crippen molar-refractivity contribution in [3.05, 3.63) is 131 Å². The molecule has 0 radical (unpaired) electrons. The molecule has 1 unspecified atom stereocenters. The fourth-order valence-electron chi connectivity index (χ4n) is 5.16. The van der Waals surface area contributed by atoms with Crippen molar-refractivity contribution < 1.29 is 28.5 Å². The van der Waals surface area contributed by atoms with Crippen LogP contribution in [0.5, 0.6) is 11.5 Å². The number of hydrogen-bond donors (Lipinski definition) is 3. The van der Waals surface area contributed by atoms with Crippen LogP contribution in [0, 0.1) is 0 Å². The van der Waals surface area contributed by atoms with Crippen LogP contribution in [0.4, 0.5) is 9.59 Å². The topological polar surface area (TPSA) is 107 Å². The van der Waals surface area contributed by atoms with E-state index < -0.39 is 29.6 Å². The molecule has 0 saturated carbocycles. The minimum atomic E-state index is -0.651. The maximum Gasteiger partial charge on any atom is 0.408 e. The predicted molar refractivity (Wildman–Crippen MR) is 201 cm³/mol. The molecule has 4 rings (SSSR count). The quantitative estimate of drug-likeness (QED) is 0.101. The first-order valence-electron chi connectivity index (χ1n) is 17.5. The first kappa shape index (κ1) is 38.8. The molecule has 0 fully saturated rings. The van der Waals surface area contributed by atoms with Gasteiger partial charge in [0.05, 0.1) is 6.17 Å². The van der Waals surface area contributed by atoms with Gasteiger partial charge in [0.25, 0.3) is 0 Å². The number of carbonyl (C=O) groups is 2. The van der Waals surface area contributed by atoms with Gasteiger partial charge in [0.15, 0.2) is 0 Å². The molecular formula is C42H53N3O6. The minimum Gasteiger partial charge on any atom is -0.489 e. The van der Waals surface area contributed by atoms with Gasteiger partial charge in [0.2, 0.25) is 0 Å². The second-order valence-electron chi connectivity index (χ2n) is 14.5. The fraction of sp³-hybridized carbons (Fsp3) is 0.381. The third-order valence-electron chi connectivity index (χ3n) is 7.57. The van der Waals surface area contributed by atoms with Crippen molar-refractivity contribution in [3.63, 3.8) is 0 Å². The normalized spacial score (nSPS) is 12.7. The summed E-state index contributed by atoms with van der Waals surface area (Å²) in [6.07, 6.45) is 0.313. The molecule has 0 bridgehead atoms. The van der Waals surface area contributed by atoms with Crippen LogP contribution in [-0.4, -0.2) is 42.1 Å². The lowest BCUT2D eigenvalue weighted by atomic mass is 10.0. The van der Waals surface area contributed by atoms with Crippen molar-refractivity contribution in [2.45, 2.75) is 97.4 Å². The minimum absolute atomic E-state index is 0.347. The van der Waals surface area contributed by atoms with Crippen LogP contribution in [-0.2, 0) is 35.5 Å². The first-order chi connectivity index (χ1) is 24.3. The molecule has 0 saturated heterocycles. The molecule has 9 heteroatoms. The molecule has 0 spiro atoms. The molecule has 4 aromatic carbocycles. The molecule has 2 atom stereocenters. The Morgan fingerprint density at radius 1 is 0.569 bits per heavy atom. The van der Waals surface area contributed by atoms with Crippen LogP contribution in [0.2, 0.25) is 0 Å². The second kappa shape index (κ2) is 18.8. The summed E-state index contributed by atoms with van der Waals surface area (Å²) < 4.78 is 23.1. The molecule has 2 amide bonds. The van der Waals surface area contributed by atoms with Gasteiger partial charge in [-0.1, -0.05) is 84.9 Å². The Hall–Kier alpha value is -5.02. The molecule has 0 aromatic heterocycles. The lowest BCUT2D eigenvalue weighted by molar-refractivity contribution is 0.0468. The number of alkyl carbamates (subject to hydrolysis) is 2. The SMILES string of the molecule is CC(C)(C)OC(=O)NC(CN[C@H](CCc1ccc(OCc2ccccc2)cc1)NC(=O)OC(C)(C)C)Cc1ccc(OCc2ccccc2)cc1. The molecule has 0 aliphatic rings. The molecule has 0 aliphatic heterocycles. The molecule has 0 heterocycles. The number of aryl methyl sites for hydroxylation is 1. The number of benzene rings is 4. The van der Waals surface area contributed by atoms with Crippen molar-refractivity contribution in [2.24, 2.45) is 0 Å². The number of ether oxygens (including phenoxy) is 4. The highest BCUT2D eigenvalue weighted by molar-refractivity contribution is 5.68. The monoisotopic (exact) mass is 695 g/mol. The molecule has 51 heavy (non-hydrogen) atoms. The van der Waals surface area contributed by atoms with E-state index in [9.17, 15) is 9.59 Å². The summed E-state index contributed by atoms with van der Waals surface area (Å²) in [6, 6.07) is 35.5. The molecule has 3 N–H and O–H groups in total. The summed E-state index contributed by atoms with van der Waals surface area (Å²) in [4.78, 5) is 25.8. The highest BCUT2D eigenvalue weighted by Gasteiger charge is 2.23. The van der Waals surface area contributed by atoms with Gasteiger partial charge in [-0.3, -0.25) is 5.32 Å². The Kier molecular flexibility index (Phi) is 14.3. The Morgan fingerprint density at radius 3 is 1.49 bits per heavy atom. The van der Waals surface area contributed by atoms with Gasteiger partial charge in [-0.05, 0) is 107 Å². The maximum absolute atomic E-state index is 12.9. The van der Waals surface area contributed by atoms with E-state index in [1.807, 2.05) is 151 Å². The van der Waals surface area contributed by atoms with Gasteiger partial charge in [-0.15, -0.1) is 0 Å². The lowest BCUT2D eigenvalue weighted by Gasteiger charge is -2.28. The largest absolute Gasteiger partial charge is 0.489 e. The Morgan fingerprint density at radius 2 is 1.02 bits per heavy atom. The van der Waals surface area contributed by atoms with Crippen LogP contribution in [0.3, 0.4) is 0 Å². The molecule has 272 valence electrons. The van der Waals surface area contributed by atoms with Crippen LogP contribution in [0.25, 0.3) is 0 Å². The zero-order valence-electron chi connectivity index (χ0n) is 30.7. The van der Waals surface area contributed by atoms with E-state index in [0.29, 0.717) is 39.0 Å². The van der Waals surface area contributed by atoms with Crippen molar-refractivity contribution in [2.75, 3.05) is 6.54 Å². The van der Waals surface area contributed by atoms with Gasteiger partial charge in [-0.25, -0.2) is 9.59 Å². The van der Waals surface area contributed by atoms with E-state index in [1.54, 1.807) is 0 Å². The van der Waals surface area contributed by atoms with Gasteiger partial charge in [-0.2, -0.15) is 0 Å². The molecular weight excluding hydrogens is 642 g/mol. The summed E-state index contributed by atoms with van der Waals surface area (Å²) in [6.45, 7) is 12.3. The summed E-state index contributed by atoms with van der Waals surface area (Å²) in [7, 11) is 0. The number of amides is 2. The Balaban J connectivity index is 1.40. The Bertz CT molecular complexity index is 1620. The standard InChI is InChI=1S/C42H53N3O6/c1-41(2,3)50-39(46)44-35(27-32-19-24-37(25-20-32)49-30-34-15-11-8-12-16-34)28-43-38(45-40(47)51-42(4,5)6)26-21-31-17-22-36(23-18-31)48-29-33-13-9-7-10-14-33/h7-20,22-25,35,38,43H,21,26-30H2,1-6H3,(H,44,46)(H,45,47)/t35?,38-/m0/s1. The van der Waals surface area contributed by atoms with Crippen molar-refractivity contribution in [1.82, 2.24) is 16.0 Å². The fourth-order valence-corrected chi connectivity index (χ4v) is 5.16. The second-order valence-corrected chi connectivity index (χ2v) is 14.5. The zero-order chi connectivity index (χ0) is 36.7. The van der Waals surface area contributed by atoms with Crippen molar-refractivity contribution in [3.8, 4) is 11.5 Å².